The number of fused-ring (bicyclic) bond motifs is 3. The lowest BCUT2D eigenvalue weighted by molar-refractivity contribution is 0.0971. The van der Waals surface area contributed by atoms with Gasteiger partial charge in [-0.3, -0.25) is 19.2 Å². The van der Waals surface area contributed by atoms with Crippen molar-refractivity contribution in [3.63, 3.8) is 0 Å². The van der Waals surface area contributed by atoms with Crippen molar-refractivity contribution in [2.45, 2.75) is 56.4 Å². The maximum absolute atomic E-state index is 15.2. The lowest BCUT2D eigenvalue weighted by Crippen LogP contribution is -2.54. The number of aromatic nitrogens is 1. The van der Waals surface area contributed by atoms with Crippen LogP contribution in [-0.4, -0.2) is 72.5 Å². The normalized spacial score (nSPS) is 23.6. The van der Waals surface area contributed by atoms with Crippen molar-refractivity contribution in [2.24, 2.45) is 0 Å². The minimum absolute atomic E-state index is 0.0457. The van der Waals surface area contributed by atoms with E-state index in [4.69, 9.17) is 9.15 Å². The highest BCUT2D eigenvalue weighted by atomic mass is 19.1. The molecule has 1 aromatic heterocycles. The number of anilines is 1. The fourth-order valence-corrected chi connectivity index (χ4v) is 6.00. The summed E-state index contributed by atoms with van der Waals surface area (Å²) in [6.07, 6.45) is 2.42. The summed E-state index contributed by atoms with van der Waals surface area (Å²) < 4.78 is 39.0. The molecule has 2 atom stereocenters. The minimum Gasteiger partial charge on any atom is -0.496 e. The number of methoxy groups -OCH3 is 1. The number of aromatic amines is 1. The van der Waals surface area contributed by atoms with E-state index in [1.54, 1.807) is 7.11 Å². The Morgan fingerprint density at radius 3 is 2.73 bits per heavy atom. The van der Waals surface area contributed by atoms with E-state index in [2.05, 4.69) is 39.2 Å². The number of halogens is 2. The molecule has 7 nitrogen and oxygen atoms in total. The monoisotopic (exact) mass is 512 g/mol. The van der Waals surface area contributed by atoms with Crippen molar-refractivity contribution in [1.29, 1.82) is 0 Å². The Labute approximate surface area is 214 Å². The summed E-state index contributed by atoms with van der Waals surface area (Å²) >= 11 is 0. The Morgan fingerprint density at radius 2 is 2.00 bits per heavy atom. The van der Waals surface area contributed by atoms with E-state index in [1.165, 1.54) is 0 Å². The molecule has 2 aliphatic heterocycles. The second kappa shape index (κ2) is 9.44. The van der Waals surface area contributed by atoms with Crippen molar-refractivity contribution in [3.05, 3.63) is 57.6 Å². The van der Waals surface area contributed by atoms with Crippen molar-refractivity contribution in [3.8, 4) is 5.75 Å². The van der Waals surface area contributed by atoms with Gasteiger partial charge < -0.3 is 14.5 Å². The number of H-pyrrole nitrogens is 1. The average Bonchev–Trinajstić information content (AvgIpc) is 3.46. The molecule has 0 bridgehead atoms. The number of nitrogens with one attached hydrogen (secondary N) is 2. The van der Waals surface area contributed by atoms with Crippen LogP contribution in [0, 0.1) is 0 Å². The first-order valence-electron chi connectivity index (χ1n) is 13.2. The number of ether oxygens (including phenoxy) is 1. The van der Waals surface area contributed by atoms with Crippen LogP contribution in [0.1, 0.15) is 48.9 Å². The fraction of sp³-hybridized carbons (Fsp3) is 0.536. The van der Waals surface area contributed by atoms with Crippen LogP contribution in [-0.2, 0) is 6.42 Å². The van der Waals surface area contributed by atoms with E-state index < -0.39 is 11.4 Å². The Hall–Kier alpha value is -2.91. The second-order valence-corrected chi connectivity index (χ2v) is 10.9. The van der Waals surface area contributed by atoms with Gasteiger partial charge in [0.15, 0.2) is 5.58 Å². The zero-order chi connectivity index (χ0) is 25.7. The predicted molar refractivity (Wildman–Crippen MR) is 139 cm³/mol. The molecule has 9 heteroatoms. The van der Waals surface area contributed by atoms with Gasteiger partial charge in [-0.15, -0.1) is 0 Å². The topological polar surface area (TPSA) is 73.7 Å². The highest BCUT2D eigenvalue weighted by Gasteiger charge is 2.48. The average molecular weight is 513 g/mol. The van der Waals surface area contributed by atoms with Gasteiger partial charge in [0, 0.05) is 55.1 Å². The number of hydrogen-bond acceptors (Lipinski definition) is 6. The summed E-state index contributed by atoms with van der Waals surface area (Å²) in [5.74, 6) is 0.260. The molecular formula is C28H34F2N4O3. The van der Waals surface area contributed by atoms with Gasteiger partial charge in [0.2, 0.25) is 0 Å². The zero-order valence-electron chi connectivity index (χ0n) is 21.4. The molecule has 3 aliphatic rings. The van der Waals surface area contributed by atoms with Crippen molar-refractivity contribution < 1.29 is 17.9 Å². The van der Waals surface area contributed by atoms with E-state index in [1.807, 2.05) is 18.2 Å². The molecule has 3 heterocycles. The number of benzene rings is 2. The third-order valence-corrected chi connectivity index (χ3v) is 8.14. The summed E-state index contributed by atoms with van der Waals surface area (Å²) in [6.45, 7) is 4.75. The van der Waals surface area contributed by atoms with E-state index in [0.717, 1.165) is 47.8 Å². The van der Waals surface area contributed by atoms with Crippen LogP contribution in [0.4, 0.5) is 14.5 Å². The minimum atomic E-state index is -1.15. The van der Waals surface area contributed by atoms with Gasteiger partial charge in [0.05, 0.1) is 31.4 Å². The molecule has 2 aromatic carbocycles. The van der Waals surface area contributed by atoms with Crippen LogP contribution in [0.3, 0.4) is 0 Å². The van der Waals surface area contributed by atoms with Gasteiger partial charge in [-0.05, 0) is 50.3 Å². The number of nitrogens with zero attached hydrogens (tertiary/aromatic N) is 2. The van der Waals surface area contributed by atoms with Crippen molar-refractivity contribution in [2.75, 3.05) is 45.3 Å². The van der Waals surface area contributed by atoms with Crippen LogP contribution in [0.15, 0.2) is 39.5 Å². The summed E-state index contributed by atoms with van der Waals surface area (Å²) in [5, 5.41) is 3.56. The lowest BCUT2D eigenvalue weighted by atomic mass is 9.83. The molecule has 2 fully saturated rings. The van der Waals surface area contributed by atoms with Gasteiger partial charge in [-0.2, -0.15) is 0 Å². The third-order valence-electron chi connectivity index (χ3n) is 8.14. The summed E-state index contributed by atoms with van der Waals surface area (Å²) in [6, 6.07) is 10.1. The molecule has 37 heavy (non-hydrogen) atoms. The Kier molecular flexibility index (Phi) is 6.23. The predicted octanol–water partition coefficient (Wildman–Crippen LogP) is 4.42. The number of hydrogen-bond donors (Lipinski definition) is 2. The zero-order valence-corrected chi connectivity index (χ0v) is 21.4. The van der Waals surface area contributed by atoms with E-state index in [0.29, 0.717) is 49.4 Å². The molecule has 0 spiro atoms. The van der Waals surface area contributed by atoms with Crippen LogP contribution in [0.25, 0.3) is 11.1 Å². The van der Waals surface area contributed by atoms with Crippen LogP contribution in [0.2, 0.25) is 0 Å². The largest absolute Gasteiger partial charge is 0.496 e. The molecule has 1 saturated carbocycles. The van der Waals surface area contributed by atoms with Crippen LogP contribution in [0.5, 0.6) is 5.75 Å². The Balaban J connectivity index is 1.34. The van der Waals surface area contributed by atoms with Gasteiger partial charge in [0.1, 0.15) is 11.4 Å². The summed E-state index contributed by atoms with van der Waals surface area (Å²) in [5.41, 5.74) is 4.03. The highest BCUT2D eigenvalue weighted by molar-refractivity contribution is 5.78. The molecular weight excluding hydrogens is 478 g/mol. The molecule has 6 rings (SSSR count). The first-order valence-corrected chi connectivity index (χ1v) is 13.2. The van der Waals surface area contributed by atoms with E-state index in [-0.39, 0.29) is 18.8 Å². The molecule has 1 unspecified atom stereocenters. The van der Waals surface area contributed by atoms with Crippen LogP contribution < -0.4 is 15.8 Å². The number of rotatable bonds is 9. The maximum atomic E-state index is 15.2. The highest BCUT2D eigenvalue weighted by Crippen LogP contribution is 2.48. The Morgan fingerprint density at radius 1 is 1.22 bits per heavy atom. The third kappa shape index (κ3) is 4.63. The summed E-state index contributed by atoms with van der Waals surface area (Å²) in [4.78, 5) is 19.2. The van der Waals surface area contributed by atoms with Crippen molar-refractivity contribution >= 4 is 16.8 Å². The number of likely N-dealkylation sites (tertiary alicyclic amines) is 1. The van der Waals surface area contributed by atoms with E-state index >= 15 is 4.39 Å². The second-order valence-electron chi connectivity index (χ2n) is 10.9. The molecule has 0 radical (unpaired) electrons. The molecule has 1 aliphatic carbocycles. The first kappa shape index (κ1) is 24.4. The molecule has 1 saturated heterocycles. The van der Waals surface area contributed by atoms with Gasteiger partial charge in [0.25, 0.3) is 0 Å². The lowest BCUT2D eigenvalue weighted by Gasteiger charge is -2.43. The fourth-order valence-electron chi connectivity index (χ4n) is 6.00. The number of oxazole rings is 1. The molecule has 0 amide bonds. The molecule has 3 aromatic rings. The SMILES string of the molecule is COc1cc(NC2CN(CCCF)C2)ccc1C1c2ccc3[nH]c(=O)oc3c2C[C@@H](C)N1CC1(F)CC1. The summed E-state index contributed by atoms with van der Waals surface area (Å²) in [7, 11) is 1.66. The standard InChI is InChI=1S/C28H34F2N4O3/c1-17-12-22-20(6-7-23-26(22)37-27(35)32-23)25(34(17)16-28(30)8-9-28)21-5-4-18(13-24(21)36-2)31-19-14-33(15-19)11-3-10-29/h4-7,13,17,19,25,31H,3,8-12,14-16H2,1-2H3,(H,32,35)/t17-,25?/m1/s1. The van der Waals surface area contributed by atoms with Crippen LogP contribution >= 0.6 is 0 Å². The van der Waals surface area contributed by atoms with Crippen molar-refractivity contribution in [1.82, 2.24) is 14.8 Å². The van der Waals surface area contributed by atoms with Gasteiger partial charge in [-0.1, -0.05) is 12.1 Å². The quantitative estimate of drug-likeness (QED) is 0.442. The Bertz CT molecular complexity index is 1340. The van der Waals surface area contributed by atoms with Gasteiger partial charge >= 0.3 is 5.76 Å². The van der Waals surface area contributed by atoms with Gasteiger partial charge in [-0.25, -0.2) is 9.18 Å². The molecule has 198 valence electrons. The smallest absolute Gasteiger partial charge is 0.417 e. The number of alkyl halides is 2. The maximum Gasteiger partial charge on any atom is 0.417 e. The van der Waals surface area contributed by atoms with E-state index in [9.17, 15) is 9.18 Å². The first-order chi connectivity index (χ1) is 17.9. The molecule has 2 N–H and O–H groups in total.